The molecule has 0 heterocycles. The van der Waals surface area contributed by atoms with Gasteiger partial charge in [0.2, 0.25) is 0 Å². The van der Waals surface area contributed by atoms with Crippen molar-refractivity contribution in [2.24, 2.45) is 0 Å². The zero-order chi connectivity index (χ0) is 11.4. The van der Waals surface area contributed by atoms with Gasteiger partial charge in [0.25, 0.3) is 0 Å². The van der Waals surface area contributed by atoms with E-state index in [1.807, 2.05) is 24.3 Å². The molecule has 3 heteroatoms. The first-order chi connectivity index (χ1) is 7.83. The predicted octanol–water partition coefficient (Wildman–Crippen LogP) is 3.14. The molecule has 1 aliphatic carbocycles. The van der Waals surface area contributed by atoms with Crippen LogP contribution in [0.5, 0.6) is 5.75 Å². The topological polar surface area (TPSA) is 26.3 Å². The number of para-hydroxylation sites is 1. The molecule has 0 saturated heterocycles. The molecule has 1 atom stereocenters. The van der Waals surface area contributed by atoms with Crippen LogP contribution in [0.2, 0.25) is 0 Å². The van der Waals surface area contributed by atoms with E-state index in [-0.39, 0.29) is 0 Å². The summed E-state index contributed by atoms with van der Waals surface area (Å²) in [5, 5.41) is 0.324. The molecular formula is C13H18O2S. The molecule has 0 unspecified atom stereocenters. The number of methoxy groups -OCH3 is 1. The van der Waals surface area contributed by atoms with E-state index in [4.69, 9.17) is 4.74 Å². The van der Waals surface area contributed by atoms with Gasteiger partial charge in [0.15, 0.2) is 0 Å². The molecule has 1 saturated carbocycles. The Morgan fingerprint density at radius 2 is 1.88 bits per heavy atom. The van der Waals surface area contributed by atoms with E-state index in [1.54, 1.807) is 7.11 Å². The molecule has 0 amide bonds. The summed E-state index contributed by atoms with van der Waals surface area (Å²) >= 11 is 0. The lowest BCUT2D eigenvalue weighted by atomic mass is 10.0. The van der Waals surface area contributed by atoms with Crippen LogP contribution in [-0.4, -0.2) is 16.6 Å². The second kappa shape index (κ2) is 5.48. The van der Waals surface area contributed by atoms with Crippen molar-refractivity contribution in [3.8, 4) is 5.75 Å². The molecule has 0 aliphatic heterocycles. The van der Waals surface area contributed by atoms with Crippen molar-refractivity contribution in [1.82, 2.24) is 0 Å². The minimum Gasteiger partial charge on any atom is -0.495 e. The predicted molar refractivity (Wildman–Crippen MR) is 66.3 cm³/mol. The highest BCUT2D eigenvalue weighted by atomic mass is 32.2. The molecule has 1 aromatic rings. The van der Waals surface area contributed by atoms with Gasteiger partial charge >= 0.3 is 0 Å². The number of hydrogen-bond acceptors (Lipinski definition) is 2. The van der Waals surface area contributed by atoms with Gasteiger partial charge < -0.3 is 4.74 Å². The van der Waals surface area contributed by atoms with E-state index >= 15 is 0 Å². The minimum absolute atomic E-state index is 0.324. The normalized spacial score (nSPS) is 19.3. The molecule has 0 radical (unpaired) electrons. The van der Waals surface area contributed by atoms with Gasteiger partial charge in [0, 0.05) is 5.25 Å². The Kier molecular flexibility index (Phi) is 3.99. The maximum absolute atomic E-state index is 12.4. The monoisotopic (exact) mass is 238 g/mol. The van der Waals surface area contributed by atoms with Crippen molar-refractivity contribution < 1.29 is 8.95 Å². The fourth-order valence-corrected chi connectivity index (χ4v) is 3.93. The van der Waals surface area contributed by atoms with Gasteiger partial charge in [0.1, 0.15) is 5.75 Å². The van der Waals surface area contributed by atoms with Gasteiger partial charge in [-0.15, -0.1) is 0 Å². The van der Waals surface area contributed by atoms with Gasteiger partial charge in [-0.3, -0.25) is 4.21 Å². The Morgan fingerprint density at radius 3 is 2.56 bits per heavy atom. The smallest absolute Gasteiger partial charge is 0.134 e. The van der Waals surface area contributed by atoms with Crippen molar-refractivity contribution >= 4 is 10.8 Å². The molecule has 0 N–H and O–H groups in total. The molecule has 1 fully saturated rings. The second-order valence-electron chi connectivity index (χ2n) is 4.21. The van der Waals surface area contributed by atoms with Gasteiger partial charge in [0.05, 0.1) is 22.8 Å². The third kappa shape index (κ3) is 2.46. The van der Waals surface area contributed by atoms with E-state index in [2.05, 4.69) is 0 Å². The van der Waals surface area contributed by atoms with Crippen LogP contribution in [0.1, 0.15) is 32.1 Å². The highest BCUT2D eigenvalue weighted by molar-refractivity contribution is 7.85. The van der Waals surface area contributed by atoms with Crippen LogP contribution in [0, 0.1) is 0 Å². The first-order valence-electron chi connectivity index (χ1n) is 5.86. The maximum atomic E-state index is 12.4. The molecule has 88 valence electrons. The summed E-state index contributed by atoms with van der Waals surface area (Å²) in [6.45, 7) is 0. The van der Waals surface area contributed by atoms with Gasteiger partial charge in [-0.1, -0.05) is 31.4 Å². The average Bonchev–Trinajstić information content (AvgIpc) is 2.39. The van der Waals surface area contributed by atoms with Gasteiger partial charge in [-0.05, 0) is 25.0 Å². The molecule has 2 nitrogen and oxygen atoms in total. The first kappa shape index (κ1) is 11.6. The number of rotatable bonds is 3. The molecule has 16 heavy (non-hydrogen) atoms. The summed E-state index contributed by atoms with van der Waals surface area (Å²) in [5.74, 6) is 0.756. The zero-order valence-electron chi connectivity index (χ0n) is 9.65. The Balaban J connectivity index is 2.19. The molecular weight excluding hydrogens is 220 g/mol. The Morgan fingerprint density at radius 1 is 1.19 bits per heavy atom. The van der Waals surface area contributed by atoms with Crippen molar-refractivity contribution in [2.45, 2.75) is 42.2 Å². The molecule has 0 bridgehead atoms. The van der Waals surface area contributed by atoms with E-state index in [1.165, 1.54) is 19.3 Å². The van der Waals surface area contributed by atoms with E-state index in [0.29, 0.717) is 5.25 Å². The van der Waals surface area contributed by atoms with Crippen LogP contribution >= 0.6 is 0 Å². The summed E-state index contributed by atoms with van der Waals surface area (Å²) in [5.41, 5.74) is 0. The summed E-state index contributed by atoms with van der Waals surface area (Å²) in [6.07, 6.45) is 5.89. The summed E-state index contributed by atoms with van der Waals surface area (Å²) in [6, 6.07) is 7.65. The van der Waals surface area contributed by atoms with Crippen LogP contribution in [0.4, 0.5) is 0 Å². The zero-order valence-corrected chi connectivity index (χ0v) is 10.5. The van der Waals surface area contributed by atoms with Crippen molar-refractivity contribution in [1.29, 1.82) is 0 Å². The Bertz CT molecular complexity index is 370. The first-order valence-corrected chi connectivity index (χ1v) is 7.08. The van der Waals surface area contributed by atoms with Crippen molar-refractivity contribution in [3.05, 3.63) is 24.3 Å². The van der Waals surface area contributed by atoms with Crippen LogP contribution in [-0.2, 0) is 10.8 Å². The average molecular weight is 238 g/mol. The molecule has 1 aromatic carbocycles. The third-order valence-corrected chi connectivity index (χ3v) is 4.99. The lowest BCUT2D eigenvalue weighted by molar-refractivity contribution is 0.403. The largest absolute Gasteiger partial charge is 0.495 e. The van der Waals surface area contributed by atoms with Gasteiger partial charge in [-0.25, -0.2) is 0 Å². The van der Waals surface area contributed by atoms with Crippen LogP contribution < -0.4 is 4.74 Å². The second-order valence-corrected chi connectivity index (χ2v) is 5.91. The standard InChI is InChI=1S/C13H18O2S/c1-15-12-9-5-6-10-13(12)16(14)11-7-3-2-4-8-11/h5-6,9-11H,2-4,7-8H2,1H3/t16-/m1/s1. The van der Waals surface area contributed by atoms with Crippen LogP contribution in [0.3, 0.4) is 0 Å². The highest BCUT2D eigenvalue weighted by Gasteiger charge is 2.22. The summed E-state index contributed by atoms with van der Waals surface area (Å²) in [4.78, 5) is 0.858. The Hall–Kier alpha value is -0.830. The quantitative estimate of drug-likeness (QED) is 0.808. The molecule has 1 aliphatic rings. The SMILES string of the molecule is COc1ccccc1[S@](=O)C1CCCCC1. The van der Waals surface area contributed by atoms with Crippen LogP contribution in [0.15, 0.2) is 29.2 Å². The molecule has 2 rings (SSSR count). The molecule has 0 aromatic heterocycles. The summed E-state index contributed by atoms with van der Waals surface area (Å²) < 4.78 is 17.7. The van der Waals surface area contributed by atoms with E-state index in [9.17, 15) is 4.21 Å². The fourth-order valence-electron chi connectivity index (χ4n) is 2.24. The number of hydrogen-bond donors (Lipinski definition) is 0. The van der Waals surface area contributed by atoms with Crippen LogP contribution in [0.25, 0.3) is 0 Å². The van der Waals surface area contributed by atoms with Crippen molar-refractivity contribution in [2.75, 3.05) is 7.11 Å². The van der Waals surface area contributed by atoms with E-state index in [0.717, 1.165) is 23.5 Å². The number of benzene rings is 1. The maximum Gasteiger partial charge on any atom is 0.134 e. The highest BCUT2D eigenvalue weighted by Crippen LogP contribution is 2.30. The lowest BCUT2D eigenvalue weighted by Gasteiger charge is -2.21. The minimum atomic E-state index is -0.906. The molecule has 0 spiro atoms. The Labute approximate surface area is 99.5 Å². The fraction of sp³-hybridized carbons (Fsp3) is 0.538. The van der Waals surface area contributed by atoms with Crippen molar-refractivity contribution in [3.63, 3.8) is 0 Å². The third-order valence-electron chi connectivity index (χ3n) is 3.14. The lowest BCUT2D eigenvalue weighted by Crippen LogP contribution is -2.19. The van der Waals surface area contributed by atoms with Gasteiger partial charge in [-0.2, -0.15) is 0 Å². The summed E-state index contributed by atoms with van der Waals surface area (Å²) in [7, 11) is 0.730. The number of ether oxygens (including phenoxy) is 1. The van der Waals surface area contributed by atoms with E-state index < -0.39 is 10.8 Å².